The maximum absolute atomic E-state index is 9.60. The Morgan fingerprint density at radius 2 is 1.81 bits per heavy atom. The molecule has 0 aliphatic heterocycles. The molecule has 0 radical (unpaired) electrons. The van der Waals surface area contributed by atoms with Crippen LogP contribution in [0, 0.1) is 11.3 Å². The molecule has 0 fully saturated rings. The molecular formula is C26H26N4O2. The van der Waals surface area contributed by atoms with Gasteiger partial charge in [0.2, 0.25) is 17.5 Å². The number of hydrogen-bond donors (Lipinski definition) is 1. The molecule has 6 nitrogen and oxygen atoms in total. The summed E-state index contributed by atoms with van der Waals surface area (Å²) in [5, 5.41) is 15.2. The van der Waals surface area contributed by atoms with Gasteiger partial charge in [-0.2, -0.15) is 5.26 Å². The van der Waals surface area contributed by atoms with Crippen LogP contribution in [0.5, 0.6) is 5.75 Å². The van der Waals surface area contributed by atoms with E-state index >= 15 is 0 Å². The second-order valence-corrected chi connectivity index (χ2v) is 7.81. The van der Waals surface area contributed by atoms with E-state index in [9.17, 15) is 5.26 Å². The van der Waals surface area contributed by atoms with Crippen LogP contribution in [0.25, 0.3) is 10.8 Å². The van der Waals surface area contributed by atoms with E-state index in [1.54, 1.807) is 7.11 Å². The molecule has 4 rings (SSSR count). The molecule has 1 heterocycles. The molecule has 0 aliphatic carbocycles. The van der Waals surface area contributed by atoms with Crippen molar-refractivity contribution in [3.63, 3.8) is 0 Å². The SMILES string of the molecule is COc1ccccc1C(CNc1oc(Cc2cccc3ccccc23)nc1C#N)N(C)C. The Bertz CT molecular complexity index is 1250. The smallest absolute Gasteiger partial charge is 0.232 e. The number of hydrogen-bond acceptors (Lipinski definition) is 6. The van der Waals surface area contributed by atoms with Crippen LogP contribution in [0.1, 0.15) is 28.8 Å². The monoisotopic (exact) mass is 426 g/mol. The molecule has 162 valence electrons. The number of nitriles is 1. The minimum absolute atomic E-state index is 0.0179. The van der Waals surface area contributed by atoms with Crippen molar-refractivity contribution in [1.82, 2.24) is 9.88 Å². The minimum Gasteiger partial charge on any atom is -0.496 e. The lowest BCUT2D eigenvalue weighted by molar-refractivity contribution is 0.298. The zero-order chi connectivity index (χ0) is 22.5. The van der Waals surface area contributed by atoms with Gasteiger partial charge in [-0.25, -0.2) is 4.98 Å². The first kappa shape index (κ1) is 21.4. The summed E-state index contributed by atoms with van der Waals surface area (Å²) in [7, 11) is 5.69. The van der Waals surface area contributed by atoms with Crippen molar-refractivity contribution in [2.75, 3.05) is 33.1 Å². The lowest BCUT2D eigenvalue weighted by Gasteiger charge is -2.26. The van der Waals surface area contributed by atoms with E-state index in [4.69, 9.17) is 9.15 Å². The number of aromatic nitrogens is 1. The number of methoxy groups -OCH3 is 1. The summed E-state index contributed by atoms with van der Waals surface area (Å²) in [5.74, 6) is 1.73. The third-order valence-electron chi connectivity index (χ3n) is 5.58. The van der Waals surface area contributed by atoms with Gasteiger partial charge in [0.1, 0.15) is 11.8 Å². The van der Waals surface area contributed by atoms with Crippen LogP contribution in [-0.4, -0.2) is 37.6 Å². The van der Waals surface area contributed by atoms with Gasteiger partial charge in [0.25, 0.3) is 0 Å². The zero-order valence-corrected chi connectivity index (χ0v) is 18.5. The van der Waals surface area contributed by atoms with Crippen LogP contribution in [0.15, 0.2) is 71.1 Å². The number of para-hydroxylation sites is 1. The highest BCUT2D eigenvalue weighted by molar-refractivity contribution is 5.85. The second kappa shape index (κ2) is 9.54. The zero-order valence-electron chi connectivity index (χ0n) is 18.5. The maximum Gasteiger partial charge on any atom is 0.232 e. The van der Waals surface area contributed by atoms with Gasteiger partial charge in [0, 0.05) is 12.1 Å². The Balaban J connectivity index is 1.56. The van der Waals surface area contributed by atoms with Gasteiger partial charge in [-0.15, -0.1) is 0 Å². The number of nitrogens with one attached hydrogen (secondary N) is 1. The molecule has 0 bridgehead atoms. The van der Waals surface area contributed by atoms with E-state index in [0.717, 1.165) is 22.3 Å². The first-order valence-electron chi connectivity index (χ1n) is 10.5. The largest absolute Gasteiger partial charge is 0.496 e. The van der Waals surface area contributed by atoms with Crippen LogP contribution in [0.4, 0.5) is 5.88 Å². The Morgan fingerprint density at radius 3 is 2.59 bits per heavy atom. The van der Waals surface area contributed by atoms with Crippen molar-refractivity contribution in [2.45, 2.75) is 12.5 Å². The average molecular weight is 427 g/mol. The lowest BCUT2D eigenvalue weighted by Crippen LogP contribution is -2.27. The third kappa shape index (κ3) is 4.43. The molecule has 1 N–H and O–H groups in total. The highest BCUT2D eigenvalue weighted by atomic mass is 16.5. The van der Waals surface area contributed by atoms with E-state index in [1.165, 1.54) is 5.39 Å². The predicted octanol–water partition coefficient (Wildman–Crippen LogP) is 5.01. The Kier molecular flexibility index (Phi) is 6.39. The number of rotatable bonds is 8. The number of anilines is 1. The molecule has 0 amide bonds. The molecule has 0 saturated heterocycles. The third-order valence-corrected chi connectivity index (χ3v) is 5.58. The summed E-state index contributed by atoms with van der Waals surface area (Å²) < 4.78 is 11.5. The first-order chi connectivity index (χ1) is 15.6. The van der Waals surface area contributed by atoms with Gasteiger partial charge in [-0.1, -0.05) is 60.7 Å². The quantitative estimate of drug-likeness (QED) is 0.427. The van der Waals surface area contributed by atoms with Crippen molar-refractivity contribution in [1.29, 1.82) is 5.26 Å². The molecule has 3 aromatic carbocycles. The summed E-state index contributed by atoms with van der Waals surface area (Å²) >= 11 is 0. The molecule has 1 aromatic heterocycles. The molecule has 0 saturated carbocycles. The fraction of sp³-hybridized carbons (Fsp3) is 0.231. The van der Waals surface area contributed by atoms with E-state index in [-0.39, 0.29) is 11.7 Å². The first-order valence-corrected chi connectivity index (χ1v) is 10.5. The van der Waals surface area contributed by atoms with Crippen LogP contribution >= 0.6 is 0 Å². The number of likely N-dealkylation sites (N-methyl/N-ethyl adjacent to an activating group) is 1. The summed E-state index contributed by atoms with van der Waals surface area (Å²) in [4.78, 5) is 6.53. The van der Waals surface area contributed by atoms with E-state index in [1.807, 2.05) is 56.6 Å². The molecule has 0 aliphatic rings. The number of benzene rings is 3. The molecule has 1 atom stereocenters. The van der Waals surface area contributed by atoms with Crippen LogP contribution in [0.2, 0.25) is 0 Å². The van der Waals surface area contributed by atoms with Gasteiger partial charge in [-0.05, 0) is 36.5 Å². The van der Waals surface area contributed by atoms with Crippen molar-refractivity contribution < 1.29 is 9.15 Å². The Hall–Kier alpha value is -3.82. The van der Waals surface area contributed by atoms with Gasteiger partial charge in [0.15, 0.2) is 0 Å². The Morgan fingerprint density at radius 1 is 1.06 bits per heavy atom. The molecule has 4 aromatic rings. The summed E-state index contributed by atoms with van der Waals surface area (Å²) in [5.41, 5.74) is 2.43. The summed E-state index contributed by atoms with van der Waals surface area (Å²) in [6, 6.07) is 24.5. The van der Waals surface area contributed by atoms with E-state index in [2.05, 4.69) is 45.5 Å². The molecule has 32 heavy (non-hydrogen) atoms. The average Bonchev–Trinajstić information content (AvgIpc) is 3.21. The number of fused-ring (bicyclic) bond motifs is 1. The number of ether oxygens (including phenoxy) is 1. The van der Waals surface area contributed by atoms with Crippen LogP contribution in [0.3, 0.4) is 0 Å². The normalized spacial score (nSPS) is 12.0. The van der Waals surface area contributed by atoms with Gasteiger partial charge in [-0.3, -0.25) is 0 Å². The topological polar surface area (TPSA) is 74.3 Å². The standard InChI is InChI=1S/C26H26N4O2/c1-30(2)23(21-13-6-7-14-24(21)31-3)17-28-26-22(16-27)29-25(32-26)15-19-11-8-10-18-9-4-5-12-20(18)19/h4-14,23,28H,15,17H2,1-3H3. The van der Waals surface area contributed by atoms with Crippen molar-refractivity contribution in [3.05, 3.63) is 89.4 Å². The van der Waals surface area contributed by atoms with Crippen molar-refractivity contribution >= 4 is 16.7 Å². The Labute approximate surface area is 188 Å². The fourth-order valence-electron chi connectivity index (χ4n) is 3.95. The minimum atomic E-state index is 0.0179. The van der Waals surface area contributed by atoms with Crippen molar-refractivity contribution in [3.8, 4) is 11.8 Å². The van der Waals surface area contributed by atoms with Crippen LogP contribution < -0.4 is 10.1 Å². The van der Waals surface area contributed by atoms with Gasteiger partial charge < -0.3 is 19.4 Å². The number of oxazole rings is 1. The lowest BCUT2D eigenvalue weighted by atomic mass is 10.0. The molecule has 6 heteroatoms. The summed E-state index contributed by atoms with van der Waals surface area (Å²) in [6.45, 7) is 0.533. The molecule has 1 unspecified atom stereocenters. The highest BCUT2D eigenvalue weighted by Gasteiger charge is 2.21. The molecule has 0 spiro atoms. The second-order valence-electron chi connectivity index (χ2n) is 7.81. The molecular weight excluding hydrogens is 400 g/mol. The van der Waals surface area contributed by atoms with E-state index in [0.29, 0.717) is 24.7 Å². The van der Waals surface area contributed by atoms with Crippen LogP contribution in [-0.2, 0) is 6.42 Å². The van der Waals surface area contributed by atoms with Gasteiger partial charge in [0.05, 0.1) is 19.6 Å². The van der Waals surface area contributed by atoms with E-state index < -0.39 is 0 Å². The predicted molar refractivity (Wildman–Crippen MR) is 126 cm³/mol. The number of nitrogens with zero attached hydrogens (tertiary/aromatic N) is 3. The van der Waals surface area contributed by atoms with Gasteiger partial charge >= 0.3 is 0 Å². The maximum atomic E-state index is 9.60. The fourth-order valence-corrected chi connectivity index (χ4v) is 3.95. The summed E-state index contributed by atoms with van der Waals surface area (Å²) in [6.07, 6.45) is 0.515. The highest BCUT2D eigenvalue weighted by Crippen LogP contribution is 2.29. The van der Waals surface area contributed by atoms with Crippen molar-refractivity contribution in [2.24, 2.45) is 0 Å².